The van der Waals surface area contributed by atoms with Gasteiger partial charge in [-0.1, -0.05) is 55.2 Å². The zero-order valence-electron chi connectivity index (χ0n) is 18.8. The van der Waals surface area contributed by atoms with E-state index in [9.17, 15) is 0 Å². The molecule has 3 heterocycles. The van der Waals surface area contributed by atoms with Crippen LogP contribution in [-0.2, 0) is 0 Å². The summed E-state index contributed by atoms with van der Waals surface area (Å²) in [5.74, 6) is 0.457. The first-order valence-corrected chi connectivity index (χ1v) is 12.3. The van der Waals surface area contributed by atoms with Crippen molar-refractivity contribution < 1.29 is 0 Å². The van der Waals surface area contributed by atoms with E-state index >= 15 is 0 Å². The van der Waals surface area contributed by atoms with Crippen LogP contribution in [0.2, 0.25) is 10.0 Å². The van der Waals surface area contributed by atoms with E-state index in [1.165, 1.54) is 5.56 Å². The summed E-state index contributed by atoms with van der Waals surface area (Å²) in [4.78, 5) is 6.83. The van der Waals surface area contributed by atoms with Crippen LogP contribution >= 0.6 is 35.4 Å². The SMILES string of the molecule is CC(C)c1ccc(N2C(=S)NC(c3ccccn3)C2c2cccn2-c2ccc(Cl)cc2Cl)cc1. The lowest BCUT2D eigenvalue weighted by Gasteiger charge is -2.29. The van der Waals surface area contributed by atoms with Gasteiger partial charge < -0.3 is 14.8 Å². The topological polar surface area (TPSA) is 33.1 Å². The Labute approximate surface area is 215 Å². The predicted molar refractivity (Wildman–Crippen MR) is 144 cm³/mol. The molecule has 1 saturated heterocycles. The van der Waals surface area contributed by atoms with Crippen molar-refractivity contribution in [2.45, 2.75) is 31.8 Å². The molecule has 0 radical (unpaired) electrons. The second-order valence-electron chi connectivity index (χ2n) is 8.64. The van der Waals surface area contributed by atoms with Crippen LogP contribution in [0.3, 0.4) is 0 Å². The molecule has 1 aliphatic heterocycles. The lowest BCUT2D eigenvalue weighted by atomic mass is 9.99. The summed E-state index contributed by atoms with van der Waals surface area (Å²) in [7, 11) is 0. The van der Waals surface area contributed by atoms with E-state index in [4.69, 9.17) is 35.4 Å². The molecule has 0 amide bonds. The number of hydrogen-bond acceptors (Lipinski definition) is 2. The van der Waals surface area contributed by atoms with E-state index in [0.29, 0.717) is 21.1 Å². The molecular weight excluding hydrogens is 483 g/mol. The Morgan fingerprint density at radius 3 is 2.44 bits per heavy atom. The summed E-state index contributed by atoms with van der Waals surface area (Å²) < 4.78 is 2.10. The number of pyridine rings is 1. The van der Waals surface area contributed by atoms with Crippen LogP contribution in [0.1, 0.15) is 48.8 Å². The standard InChI is InChI=1S/C27H24Cl2N4S/c1-17(2)18-8-11-20(12-9-18)33-26(25(31-27(33)34)22-6-3-4-14-30-22)24-7-5-15-32(24)23-13-10-19(28)16-21(23)29/h3-17,25-26H,1-2H3,(H,31,34). The number of aromatic nitrogens is 2. The molecule has 0 spiro atoms. The fraction of sp³-hybridized carbons (Fsp3) is 0.185. The summed E-state index contributed by atoms with van der Waals surface area (Å²) in [5.41, 5.74) is 5.14. The Morgan fingerprint density at radius 2 is 1.76 bits per heavy atom. The Balaban J connectivity index is 1.65. The van der Waals surface area contributed by atoms with E-state index in [2.05, 4.69) is 63.9 Å². The molecule has 0 aliphatic carbocycles. The van der Waals surface area contributed by atoms with Crippen molar-refractivity contribution in [3.8, 4) is 5.69 Å². The number of nitrogens with zero attached hydrogens (tertiary/aromatic N) is 3. The molecule has 2 aromatic heterocycles. The lowest BCUT2D eigenvalue weighted by Crippen LogP contribution is -2.30. The molecule has 0 bridgehead atoms. The van der Waals surface area contributed by atoms with Crippen LogP contribution < -0.4 is 10.2 Å². The molecular formula is C27H24Cl2N4S. The van der Waals surface area contributed by atoms with Gasteiger partial charge in [0.1, 0.15) is 6.04 Å². The molecule has 4 nitrogen and oxygen atoms in total. The minimum absolute atomic E-state index is 0.141. The Hall–Kier alpha value is -2.86. The number of thiocarbonyl (C=S) groups is 1. The summed E-state index contributed by atoms with van der Waals surface area (Å²) in [5, 5.41) is 5.37. The van der Waals surface area contributed by atoms with Crippen LogP contribution in [0.25, 0.3) is 5.69 Å². The maximum Gasteiger partial charge on any atom is 0.174 e. The highest BCUT2D eigenvalue weighted by molar-refractivity contribution is 7.80. The highest BCUT2D eigenvalue weighted by Crippen LogP contribution is 2.43. The number of halogens is 2. The molecule has 34 heavy (non-hydrogen) atoms. The van der Waals surface area contributed by atoms with Crippen molar-refractivity contribution in [2.75, 3.05) is 4.90 Å². The molecule has 4 aromatic rings. The Bertz CT molecular complexity index is 1320. The largest absolute Gasteiger partial charge is 0.351 e. The van der Waals surface area contributed by atoms with Crippen LogP contribution in [0.5, 0.6) is 0 Å². The van der Waals surface area contributed by atoms with Crippen molar-refractivity contribution >= 4 is 46.2 Å². The monoisotopic (exact) mass is 506 g/mol. The maximum atomic E-state index is 6.61. The summed E-state index contributed by atoms with van der Waals surface area (Å²) >= 11 is 18.6. The van der Waals surface area contributed by atoms with Gasteiger partial charge in [0.25, 0.3) is 0 Å². The number of rotatable bonds is 5. The van der Waals surface area contributed by atoms with E-state index in [0.717, 1.165) is 22.8 Å². The predicted octanol–water partition coefficient (Wildman–Crippen LogP) is 7.48. The third-order valence-corrected chi connectivity index (χ3v) is 7.04. The zero-order chi connectivity index (χ0) is 23.8. The van der Waals surface area contributed by atoms with Gasteiger partial charge >= 0.3 is 0 Å². The van der Waals surface area contributed by atoms with Crippen molar-refractivity contribution in [1.29, 1.82) is 0 Å². The zero-order valence-corrected chi connectivity index (χ0v) is 21.1. The first-order chi connectivity index (χ1) is 16.4. The van der Waals surface area contributed by atoms with E-state index in [-0.39, 0.29) is 12.1 Å². The molecule has 5 rings (SSSR count). The Morgan fingerprint density at radius 1 is 0.971 bits per heavy atom. The molecule has 1 aliphatic rings. The molecule has 7 heteroatoms. The summed E-state index contributed by atoms with van der Waals surface area (Å²) in [6.45, 7) is 4.39. The van der Waals surface area contributed by atoms with Crippen LogP contribution in [-0.4, -0.2) is 14.7 Å². The second kappa shape index (κ2) is 9.41. The molecule has 1 fully saturated rings. The molecule has 2 aromatic carbocycles. The van der Waals surface area contributed by atoms with Gasteiger partial charge in [-0.05, 0) is 78.3 Å². The first kappa shape index (κ1) is 22.9. The van der Waals surface area contributed by atoms with Gasteiger partial charge in [-0.2, -0.15) is 0 Å². The van der Waals surface area contributed by atoms with Crippen LogP contribution in [0.4, 0.5) is 5.69 Å². The fourth-order valence-electron chi connectivity index (χ4n) is 4.48. The third kappa shape index (κ3) is 4.20. The third-order valence-electron chi connectivity index (χ3n) is 6.19. The fourth-order valence-corrected chi connectivity index (χ4v) is 5.33. The maximum absolute atomic E-state index is 6.61. The average molecular weight is 507 g/mol. The highest BCUT2D eigenvalue weighted by atomic mass is 35.5. The van der Waals surface area contributed by atoms with Gasteiger partial charge in [0.05, 0.1) is 22.4 Å². The van der Waals surface area contributed by atoms with Crippen LogP contribution in [0, 0.1) is 0 Å². The van der Waals surface area contributed by atoms with Gasteiger partial charge in [0.2, 0.25) is 0 Å². The van der Waals surface area contributed by atoms with Gasteiger partial charge in [-0.25, -0.2) is 0 Å². The van der Waals surface area contributed by atoms with Crippen molar-refractivity contribution in [1.82, 2.24) is 14.9 Å². The summed E-state index contributed by atoms with van der Waals surface area (Å²) in [6.07, 6.45) is 3.83. The van der Waals surface area contributed by atoms with Crippen LogP contribution in [0.15, 0.2) is 85.2 Å². The van der Waals surface area contributed by atoms with Gasteiger partial charge in [0.15, 0.2) is 5.11 Å². The molecule has 2 atom stereocenters. The number of hydrogen-bond donors (Lipinski definition) is 1. The number of benzene rings is 2. The van der Waals surface area contributed by atoms with Gasteiger partial charge in [0, 0.05) is 28.8 Å². The van der Waals surface area contributed by atoms with E-state index in [1.807, 2.05) is 48.8 Å². The average Bonchev–Trinajstić information content (AvgIpc) is 3.44. The van der Waals surface area contributed by atoms with E-state index in [1.54, 1.807) is 6.07 Å². The quantitative estimate of drug-likeness (QED) is 0.284. The minimum Gasteiger partial charge on any atom is -0.351 e. The first-order valence-electron chi connectivity index (χ1n) is 11.2. The summed E-state index contributed by atoms with van der Waals surface area (Å²) in [6, 6.07) is 24.0. The second-order valence-corrected chi connectivity index (χ2v) is 9.87. The lowest BCUT2D eigenvalue weighted by molar-refractivity contribution is 0.549. The van der Waals surface area contributed by atoms with Crippen molar-refractivity contribution in [3.63, 3.8) is 0 Å². The highest BCUT2D eigenvalue weighted by Gasteiger charge is 2.42. The Kier molecular flexibility index (Phi) is 6.34. The molecule has 2 unspecified atom stereocenters. The number of nitrogens with one attached hydrogen (secondary N) is 1. The van der Waals surface area contributed by atoms with Gasteiger partial charge in [-0.15, -0.1) is 0 Å². The molecule has 1 N–H and O–H groups in total. The minimum atomic E-state index is -0.144. The van der Waals surface area contributed by atoms with Crippen molar-refractivity contribution in [3.05, 3.63) is 112 Å². The van der Waals surface area contributed by atoms with Gasteiger partial charge in [-0.3, -0.25) is 4.98 Å². The van der Waals surface area contributed by atoms with E-state index < -0.39 is 0 Å². The number of anilines is 1. The smallest absolute Gasteiger partial charge is 0.174 e. The normalized spacial score (nSPS) is 17.9. The molecule has 172 valence electrons. The van der Waals surface area contributed by atoms with Crippen molar-refractivity contribution in [2.24, 2.45) is 0 Å². The molecule has 0 saturated carbocycles.